The molecular weight excluding hydrogens is 439 g/mol. The molecule has 2 aliphatic heterocycles. The summed E-state index contributed by atoms with van der Waals surface area (Å²) in [7, 11) is 0. The van der Waals surface area contributed by atoms with Gasteiger partial charge in [-0.2, -0.15) is 0 Å². The van der Waals surface area contributed by atoms with Gasteiger partial charge in [0, 0.05) is 56.4 Å². The number of aromatic nitrogens is 1. The average Bonchev–Trinajstić information content (AvgIpc) is 3.66. The highest BCUT2D eigenvalue weighted by molar-refractivity contribution is 5.98. The monoisotopic (exact) mass is 466 g/mol. The molecule has 1 atom stereocenters. The predicted octanol–water partition coefficient (Wildman–Crippen LogP) is 2.11. The molecule has 3 aliphatic rings. The summed E-state index contributed by atoms with van der Waals surface area (Å²) < 4.78 is 19.6. The molecule has 8 nitrogen and oxygen atoms in total. The van der Waals surface area contributed by atoms with E-state index in [1.165, 1.54) is 29.2 Å². The normalized spacial score (nSPS) is 21.5. The number of rotatable bonds is 5. The lowest BCUT2D eigenvalue weighted by Crippen LogP contribution is -2.59. The number of hydrogen-bond donors (Lipinski definition) is 1. The van der Waals surface area contributed by atoms with Gasteiger partial charge in [0.15, 0.2) is 0 Å². The number of nitrogens with zero attached hydrogens (tertiary/aromatic N) is 3. The van der Waals surface area contributed by atoms with Gasteiger partial charge >= 0.3 is 0 Å². The summed E-state index contributed by atoms with van der Waals surface area (Å²) in [5, 5.41) is 2.88. The molecule has 34 heavy (non-hydrogen) atoms. The Morgan fingerprint density at radius 1 is 1.12 bits per heavy atom. The fraction of sp³-hybridized carbons (Fsp3) is 0.440. The Labute approximate surface area is 197 Å². The third kappa shape index (κ3) is 4.40. The van der Waals surface area contributed by atoms with Gasteiger partial charge in [-0.1, -0.05) is 6.07 Å². The van der Waals surface area contributed by atoms with Crippen molar-refractivity contribution in [2.24, 2.45) is 5.92 Å². The van der Waals surface area contributed by atoms with E-state index in [1.807, 2.05) is 11.0 Å². The molecule has 1 aliphatic carbocycles. The number of pyridine rings is 1. The van der Waals surface area contributed by atoms with Gasteiger partial charge in [0.25, 0.3) is 5.91 Å². The van der Waals surface area contributed by atoms with Crippen LogP contribution in [0.3, 0.4) is 0 Å². The smallest absolute Gasteiger partial charge is 0.256 e. The minimum absolute atomic E-state index is 0.0579. The Hall–Kier alpha value is -3.33. The lowest BCUT2D eigenvalue weighted by molar-refractivity contribution is -0.144. The molecule has 1 N–H and O–H groups in total. The highest BCUT2D eigenvalue weighted by Gasteiger charge is 2.54. The second kappa shape index (κ2) is 9.13. The van der Waals surface area contributed by atoms with Crippen LogP contribution in [0.4, 0.5) is 4.39 Å². The molecule has 0 radical (unpaired) electrons. The minimum atomic E-state index is -0.984. The number of ether oxygens (including phenoxy) is 1. The van der Waals surface area contributed by atoms with Gasteiger partial charge in [0.2, 0.25) is 11.8 Å². The standard InChI is InChI=1S/C25H27FN4O4/c26-20-7-5-19(6-8-20)24(33)30-21(22(31)28-15-17-2-1-11-27-14-17)16-34-25(30)9-12-29(13-10-25)23(32)18-3-4-18/h1-2,5-8,11,14,18,21H,3-4,9-10,12-13,15-16H2,(H,28,31)/t21-/m0/s1. The van der Waals surface area contributed by atoms with Crippen molar-refractivity contribution in [3.63, 3.8) is 0 Å². The second-order valence-corrected chi connectivity index (χ2v) is 9.13. The van der Waals surface area contributed by atoms with Crippen molar-refractivity contribution in [2.45, 2.75) is 44.0 Å². The van der Waals surface area contributed by atoms with E-state index < -0.39 is 17.6 Å². The number of carbonyl (C=O) groups excluding carboxylic acids is 3. The van der Waals surface area contributed by atoms with E-state index in [9.17, 15) is 18.8 Å². The van der Waals surface area contributed by atoms with Crippen LogP contribution >= 0.6 is 0 Å². The van der Waals surface area contributed by atoms with Crippen molar-refractivity contribution in [2.75, 3.05) is 19.7 Å². The number of hydrogen-bond acceptors (Lipinski definition) is 5. The SMILES string of the molecule is O=C(NCc1cccnc1)[C@@H]1COC2(CCN(C(=O)C3CC3)CC2)N1C(=O)c1ccc(F)cc1. The average molecular weight is 467 g/mol. The zero-order valence-electron chi connectivity index (χ0n) is 18.8. The van der Waals surface area contributed by atoms with Crippen molar-refractivity contribution in [1.82, 2.24) is 20.1 Å². The lowest BCUT2D eigenvalue weighted by Gasteiger charge is -2.44. The van der Waals surface area contributed by atoms with Crippen LogP contribution in [0.5, 0.6) is 0 Å². The number of amides is 3. The van der Waals surface area contributed by atoms with Crippen LogP contribution in [-0.4, -0.2) is 64.0 Å². The molecule has 3 heterocycles. The molecule has 1 aromatic heterocycles. The van der Waals surface area contributed by atoms with E-state index in [0.717, 1.165) is 18.4 Å². The molecule has 2 aromatic rings. The van der Waals surface area contributed by atoms with Crippen LogP contribution < -0.4 is 5.32 Å². The van der Waals surface area contributed by atoms with Gasteiger partial charge in [-0.05, 0) is 48.7 Å². The molecule has 1 aromatic carbocycles. The summed E-state index contributed by atoms with van der Waals surface area (Å²) in [4.78, 5) is 46.7. The van der Waals surface area contributed by atoms with E-state index in [2.05, 4.69) is 10.3 Å². The Morgan fingerprint density at radius 3 is 2.50 bits per heavy atom. The van der Waals surface area contributed by atoms with Crippen molar-refractivity contribution in [1.29, 1.82) is 0 Å². The zero-order valence-corrected chi connectivity index (χ0v) is 18.8. The molecule has 0 unspecified atom stereocenters. The number of carbonyl (C=O) groups is 3. The Balaban J connectivity index is 1.36. The van der Waals surface area contributed by atoms with Gasteiger partial charge in [-0.25, -0.2) is 4.39 Å². The lowest BCUT2D eigenvalue weighted by atomic mass is 9.96. The fourth-order valence-corrected chi connectivity index (χ4v) is 4.77. The summed E-state index contributed by atoms with van der Waals surface area (Å²) in [5.74, 6) is -0.869. The van der Waals surface area contributed by atoms with E-state index in [-0.39, 0.29) is 42.4 Å². The zero-order chi connectivity index (χ0) is 23.7. The number of halogens is 1. The van der Waals surface area contributed by atoms with Gasteiger partial charge in [0.05, 0.1) is 6.61 Å². The van der Waals surface area contributed by atoms with Crippen LogP contribution in [0, 0.1) is 11.7 Å². The molecule has 2 saturated heterocycles. The molecule has 5 rings (SSSR count). The summed E-state index contributed by atoms with van der Waals surface area (Å²) in [6, 6.07) is 8.10. The number of likely N-dealkylation sites (tertiary alicyclic amines) is 1. The van der Waals surface area contributed by atoms with E-state index in [4.69, 9.17) is 4.74 Å². The minimum Gasteiger partial charge on any atom is -0.353 e. The van der Waals surface area contributed by atoms with Crippen LogP contribution in [0.1, 0.15) is 41.6 Å². The summed E-state index contributed by atoms with van der Waals surface area (Å²) in [6.07, 6.45) is 6.04. The third-order valence-electron chi connectivity index (χ3n) is 6.85. The van der Waals surface area contributed by atoms with Crippen molar-refractivity contribution in [3.05, 3.63) is 65.7 Å². The third-order valence-corrected chi connectivity index (χ3v) is 6.85. The maximum absolute atomic E-state index is 13.6. The van der Waals surface area contributed by atoms with Crippen LogP contribution in [0.25, 0.3) is 0 Å². The maximum atomic E-state index is 13.6. The molecule has 3 amide bonds. The first-order valence-electron chi connectivity index (χ1n) is 11.7. The Kier molecular flexibility index (Phi) is 6.03. The highest BCUT2D eigenvalue weighted by atomic mass is 19.1. The van der Waals surface area contributed by atoms with Gasteiger partial charge in [-0.3, -0.25) is 24.3 Å². The van der Waals surface area contributed by atoms with Crippen molar-refractivity contribution < 1.29 is 23.5 Å². The molecule has 1 saturated carbocycles. The predicted molar refractivity (Wildman–Crippen MR) is 120 cm³/mol. The largest absolute Gasteiger partial charge is 0.353 e. The molecule has 3 fully saturated rings. The van der Waals surface area contributed by atoms with E-state index in [1.54, 1.807) is 18.5 Å². The summed E-state index contributed by atoms with van der Waals surface area (Å²) in [5.41, 5.74) is 0.142. The van der Waals surface area contributed by atoms with Crippen LogP contribution in [0.15, 0.2) is 48.8 Å². The first-order chi connectivity index (χ1) is 16.5. The number of benzene rings is 1. The first kappa shape index (κ1) is 22.5. The van der Waals surface area contributed by atoms with Gasteiger partial charge < -0.3 is 15.0 Å². The summed E-state index contributed by atoms with van der Waals surface area (Å²) in [6.45, 7) is 1.26. The van der Waals surface area contributed by atoms with Crippen molar-refractivity contribution in [3.8, 4) is 0 Å². The molecular formula is C25H27FN4O4. The quantitative estimate of drug-likeness (QED) is 0.729. The summed E-state index contributed by atoms with van der Waals surface area (Å²) >= 11 is 0. The van der Waals surface area contributed by atoms with Gasteiger partial charge in [0.1, 0.15) is 17.6 Å². The topological polar surface area (TPSA) is 91.8 Å². The van der Waals surface area contributed by atoms with E-state index >= 15 is 0 Å². The van der Waals surface area contributed by atoms with Gasteiger partial charge in [-0.15, -0.1) is 0 Å². The highest BCUT2D eigenvalue weighted by Crippen LogP contribution is 2.40. The van der Waals surface area contributed by atoms with Crippen molar-refractivity contribution >= 4 is 17.7 Å². The Morgan fingerprint density at radius 2 is 1.85 bits per heavy atom. The number of nitrogens with one attached hydrogen (secondary N) is 1. The molecule has 0 bridgehead atoms. The second-order valence-electron chi connectivity index (χ2n) is 9.13. The molecule has 1 spiro atoms. The Bertz CT molecular complexity index is 1070. The first-order valence-corrected chi connectivity index (χ1v) is 11.7. The number of piperidine rings is 1. The van der Waals surface area contributed by atoms with Crippen LogP contribution in [-0.2, 0) is 20.9 Å². The van der Waals surface area contributed by atoms with E-state index in [0.29, 0.717) is 25.9 Å². The maximum Gasteiger partial charge on any atom is 0.256 e. The fourth-order valence-electron chi connectivity index (χ4n) is 4.77. The molecule has 178 valence electrons. The van der Waals surface area contributed by atoms with Crippen LogP contribution in [0.2, 0.25) is 0 Å². The molecule has 9 heteroatoms.